The number of anilines is 2. The van der Waals surface area contributed by atoms with Crippen LogP contribution in [-0.2, 0) is 6.42 Å². The first-order valence-electron chi connectivity index (χ1n) is 8.70. The van der Waals surface area contributed by atoms with E-state index < -0.39 is 0 Å². The highest BCUT2D eigenvalue weighted by atomic mass is 35.5. The van der Waals surface area contributed by atoms with Gasteiger partial charge in [-0.1, -0.05) is 41.4 Å². The summed E-state index contributed by atoms with van der Waals surface area (Å²) < 4.78 is 2.16. The van der Waals surface area contributed by atoms with Gasteiger partial charge >= 0.3 is 0 Å². The van der Waals surface area contributed by atoms with Crippen LogP contribution < -0.4 is 10.9 Å². The quantitative estimate of drug-likeness (QED) is 0.793. The summed E-state index contributed by atoms with van der Waals surface area (Å²) in [6.07, 6.45) is 8.78. The van der Waals surface area contributed by atoms with E-state index in [0.29, 0.717) is 16.9 Å². The van der Waals surface area contributed by atoms with E-state index in [1.165, 1.54) is 0 Å². The molecule has 0 fully saturated rings. The van der Waals surface area contributed by atoms with E-state index in [-0.39, 0.29) is 11.6 Å². The van der Waals surface area contributed by atoms with E-state index in [1.54, 1.807) is 6.07 Å². The molecule has 0 amide bonds. The number of allylic oxidation sites excluding steroid dienone is 4. The third kappa shape index (κ3) is 3.19. The van der Waals surface area contributed by atoms with Gasteiger partial charge in [-0.3, -0.25) is 4.79 Å². The van der Waals surface area contributed by atoms with Crippen LogP contribution in [0.4, 0.5) is 11.6 Å². The Labute approximate surface area is 162 Å². The third-order valence-electron chi connectivity index (χ3n) is 5.15. The van der Waals surface area contributed by atoms with Gasteiger partial charge in [-0.15, -0.1) is 0 Å². The van der Waals surface area contributed by atoms with Gasteiger partial charge < -0.3 is 9.88 Å². The van der Waals surface area contributed by atoms with E-state index >= 15 is 0 Å². The molecule has 134 valence electrons. The van der Waals surface area contributed by atoms with E-state index in [1.807, 2.05) is 37.3 Å². The molecule has 1 N–H and O–H groups in total. The maximum absolute atomic E-state index is 12.1. The van der Waals surface area contributed by atoms with E-state index in [9.17, 15) is 4.79 Å². The van der Waals surface area contributed by atoms with Crippen LogP contribution in [0, 0.1) is 12.8 Å². The molecule has 2 unspecified atom stereocenters. The third-order valence-corrected chi connectivity index (χ3v) is 5.84. The van der Waals surface area contributed by atoms with Crippen molar-refractivity contribution in [3.8, 4) is 0 Å². The average molecular weight is 388 g/mol. The Balaban J connectivity index is 1.75. The van der Waals surface area contributed by atoms with Gasteiger partial charge in [0.05, 0.1) is 0 Å². The summed E-state index contributed by atoms with van der Waals surface area (Å²) in [5.41, 5.74) is 2.57. The van der Waals surface area contributed by atoms with Crippen molar-refractivity contribution in [2.24, 2.45) is 5.92 Å². The predicted molar refractivity (Wildman–Crippen MR) is 107 cm³/mol. The molecule has 0 bridgehead atoms. The molecule has 1 aliphatic heterocycles. The van der Waals surface area contributed by atoms with Crippen LogP contribution >= 0.6 is 23.2 Å². The lowest BCUT2D eigenvalue weighted by molar-refractivity contribution is 0.399. The maximum atomic E-state index is 12.1. The van der Waals surface area contributed by atoms with Crippen LogP contribution in [-0.4, -0.2) is 9.55 Å². The second-order valence-corrected chi connectivity index (χ2v) is 7.68. The summed E-state index contributed by atoms with van der Waals surface area (Å²) in [7, 11) is 0. The molecule has 0 radical (unpaired) electrons. The number of benzene rings is 1. The molecule has 1 aliphatic carbocycles. The minimum absolute atomic E-state index is 0.221. The lowest BCUT2D eigenvalue weighted by Gasteiger charge is -2.27. The Bertz CT molecular complexity index is 978. The summed E-state index contributed by atoms with van der Waals surface area (Å²) in [4.78, 5) is 16.3. The molecule has 26 heavy (non-hydrogen) atoms. The molecule has 0 spiro atoms. The summed E-state index contributed by atoms with van der Waals surface area (Å²) in [5, 5.41) is 4.87. The number of aryl methyl sites for hydroxylation is 1. The highest BCUT2D eigenvalue weighted by Gasteiger charge is 2.31. The van der Waals surface area contributed by atoms with Crippen molar-refractivity contribution in [1.29, 1.82) is 0 Å². The van der Waals surface area contributed by atoms with Crippen molar-refractivity contribution in [3.63, 3.8) is 0 Å². The summed E-state index contributed by atoms with van der Waals surface area (Å²) in [6, 6.07) is 7.53. The van der Waals surface area contributed by atoms with Gasteiger partial charge in [0, 0.05) is 39.5 Å². The molecule has 2 heterocycles. The minimum Gasteiger partial charge on any atom is -0.325 e. The van der Waals surface area contributed by atoms with Gasteiger partial charge in [0.1, 0.15) is 0 Å². The number of nitrogens with zero attached hydrogens (tertiary/aromatic N) is 2. The summed E-state index contributed by atoms with van der Waals surface area (Å²) in [5.74, 6) is 0.860. The van der Waals surface area contributed by atoms with Gasteiger partial charge in [0.2, 0.25) is 5.95 Å². The van der Waals surface area contributed by atoms with Crippen LogP contribution in [0.2, 0.25) is 5.02 Å². The SMILES string of the molecule is Cc1c(Cl)cccc1Nc1nc(=O)cc2n1C(C1C=CC=C(Cl)C1)CC2. The zero-order valence-corrected chi connectivity index (χ0v) is 15.9. The van der Waals surface area contributed by atoms with Crippen LogP contribution in [0.25, 0.3) is 0 Å². The number of aromatic nitrogens is 2. The standard InChI is InChI=1S/C20H19Cl2N3O/c1-12-16(22)6-3-7-17(12)23-20-24-19(26)11-15-8-9-18(25(15)20)13-4-2-5-14(21)10-13/h2-7,11,13,18H,8-10H2,1H3,(H,23,24,26). The molecule has 0 saturated carbocycles. The van der Waals surface area contributed by atoms with E-state index in [0.717, 1.165) is 41.2 Å². The van der Waals surface area contributed by atoms with Gasteiger partial charge in [-0.05, 0) is 50.0 Å². The Kier molecular flexibility index (Phi) is 4.63. The van der Waals surface area contributed by atoms with E-state index in [2.05, 4.69) is 20.9 Å². The molecule has 4 nitrogen and oxygen atoms in total. The number of nitrogens with one attached hydrogen (secondary N) is 1. The van der Waals surface area contributed by atoms with Crippen LogP contribution in [0.5, 0.6) is 0 Å². The second kappa shape index (κ2) is 6.93. The minimum atomic E-state index is -0.226. The topological polar surface area (TPSA) is 46.9 Å². The molecular formula is C20H19Cl2N3O. The van der Waals surface area contributed by atoms with Crippen molar-refractivity contribution < 1.29 is 0 Å². The van der Waals surface area contributed by atoms with Crippen molar-refractivity contribution in [2.75, 3.05) is 5.32 Å². The van der Waals surface area contributed by atoms with Crippen molar-refractivity contribution in [3.05, 3.63) is 74.2 Å². The molecule has 2 aromatic rings. The number of rotatable bonds is 3. The first-order valence-corrected chi connectivity index (χ1v) is 9.46. The van der Waals surface area contributed by atoms with E-state index in [4.69, 9.17) is 23.2 Å². The maximum Gasteiger partial charge on any atom is 0.274 e. The van der Waals surface area contributed by atoms with Crippen molar-refractivity contribution >= 4 is 34.8 Å². The molecule has 6 heteroatoms. The first-order chi connectivity index (χ1) is 12.5. The summed E-state index contributed by atoms with van der Waals surface area (Å²) >= 11 is 12.5. The fourth-order valence-electron chi connectivity index (χ4n) is 3.81. The lowest BCUT2D eigenvalue weighted by Crippen LogP contribution is -2.23. The lowest BCUT2D eigenvalue weighted by atomic mass is 9.91. The zero-order chi connectivity index (χ0) is 18.3. The molecule has 1 aromatic carbocycles. The number of fused-ring (bicyclic) bond motifs is 1. The Morgan fingerprint density at radius 2 is 2.15 bits per heavy atom. The fraction of sp³-hybridized carbons (Fsp3) is 0.300. The van der Waals surface area contributed by atoms with Crippen molar-refractivity contribution in [2.45, 2.75) is 32.2 Å². The Morgan fingerprint density at radius 1 is 1.31 bits per heavy atom. The average Bonchev–Trinajstić information content (AvgIpc) is 3.03. The normalized spacial score (nSPS) is 21.4. The number of hydrogen-bond acceptors (Lipinski definition) is 3. The van der Waals surface area contributed by atoms with Gasteiger partial charge in [0.25, 0.3) is 5.56 Å². The first kappa shape index (κ1) is 17.4. The molecule has 2 atom stereocenters. The largest absolute Gasteiger partial charge is 0.325 e. The number of halogens is 2. The zero-order valence-electron chi connectivity index (χ0n) is 14.4. The van der Waals surface area contributed by atoms with Gasteiger partial charge in [0.15, 0.2) is 0 Å². The highest BCUT2D eigenvalue weighted by molar-refractivity contribution is 6.31. The molecule has 4 rings (SSSR count). The Morgan fingerprint density at radius 3 is 2.96 bits per heavy atom. The second-order valence-electron chi connectivity index (χ2n) is 6.79. The monoisotopic (exact) mass is 387 g/mol. The molecular weight excluding hydrogens is 369 g/mol. The van der Waals surface area contributed by atoms with Crippen LogP contribution in [0.1, 0.15) is 30.1 Å². The van der Waals surface area contributed by atoms with Crippen molar-refractivity contribution in [1.82, 2.24) is 9.55 Å². The Hall–Kier alpha value is -2.04. The summed E-state index contributed by atoms with van der Waals surface area (Å²) in [6.45, 7) is 1.95. The number of hydrogen-bond donors (Lipinski definition) is 1. The predicted octanol–water partition coefficient (Wildman–Crippen LogP) is 5.13. The molecule has 0 saturated heterocycles. The van der Waals surface area contributed by atoms with Gasteiger partial charge in [-0.25, -0.2) is 0 Å². The molecule has 1 aromatic heterocycles. The fourth-order valence-corrected chi connectivity index (χ4v) is 4.24. The molecule has 2 aliphatic rings. The highest BCUT2D eigenvalue weighted by Crippen LogP contribution is 2.40. The van der Waals surface area contributed by atoms with Crippen LogP contribution in [0.15, 0.2) is 52.3 Å². The smallest absolute Gasteiger partial charge is 0.274 e. The van der Waals surface area contributed by atoms with Gasteiger partial charge in [-0.2, -0.15) is 4.98 Å². The van der Waals surface area contributed by atoms with Crippen LogP contribution in [0.3, 0.4) is 0 Å².